The minimum absolute atomic E-state index is 0.106. The van der Waals surface area contributed by atoms with E-state index < -0.39 is 0 Å². The summed E-state index contributed by atoms with van der Waals surface area (Å²) < 4.78 is 10.6. The normalized spacial score (nSPS) is 19.9. The Balaban J connectivity index is 1.74. The Hall–Kier alpha value is -1.63. The summed E-state index contributed by atoms with van der Waals surface area (Å²) in [4.78, 5) is 8.98. The summed E-state index contributed by atoms with van der Waals surface area (Å²) in [6, 6.07) is 5.85. The quantitative estimate of drug-likeness (QED) is 0.855. The summed E-state index contributed by atoms with van der Waals surface area (Å²) in [5.41, 5.74) is 1.07. The van der Waals surface area contributed by atoms with Crippen LogP contribution in [0, 0.1) is 6.92 Å². The largest absolute Gasteiger partial charge is 0.497 e. The molecule has 0 unspecified atom stereocenters. The Morgan fingerprint density at radius 2 is 2.22 bits per heavy atom. The smallest absolute Gasteiger partial charge is 0.245 e. The van der Waals surface area contributed by atoms with Crippen molar-refractivity contribution in [2.75, 3.05) is 33.8 Å². The van der Waals surface area contributed by atoms with Gasteiger partial charge in [0.15, 0.2) is 5.82 Å². The summed E-state index contributed by atoms with van der Waals surface area (Å²) >= 11 is 6.32. The van der Waals surface area contributed by atoms with E-state index >= 15 is 0 Å². The Labute approximate surface area is 141 Å². The summed E-state index contributed by atoms with van der Waals surface area (Å²) in [5.74, 6) is 2.16. The van der Waals surface area contributed by atoms with E-state index in [4.69, 9.17) is 20.9 Å². The van der Waals surface area contributed by atoms with E-state index in [1.54, 1.807) is 7.11 Å². The van der Waals surface area contributed by atoms with Gasteiger partial charge in [0, 0.05) is 31.2 Å². The molecule has 0 amide bonds. The number of hydrogen-bond donors (Lipinski definition) is 0. The topological polar surface area (TPSA) is 54.6 Å². The molecule has 3 rings (SSSR count). The molecule has 0 aliphatic carbocycles. The first-order valence-corrected chi connectivity index (χ1v) is 8.00. The van der Waals surface area contributed by atoms with Gasteiger partial charge in [-0.1, -0.05) is 16.8 Å². The third-order valence-corrected chi connectivity index (χ3v) is 4.58. The molecular weight excluding hydrogens is 316 g/mol. The van der Waals surface area contributed by atoms with Crippen molar-refractivity contribution in [2.45, 2.75) is 19.5 Å². The first kappa shape index (κ1) is 16.2. The zero-order chi connectivity index (χ0) is 16.4. The van der Waals surface area contributed by atoms with Crippen molar-refractivity contribution in [3.63, 3.8) is 0 Å². The molecule has 1 aromatic heterocycles. The Morgan fingerprint density at radius 1 is 1.39 bits per heavy atom. The number of nitrogens with zero attached hydrogens (tertiary/aromatic N) is 4. The van der Waals surface area contributed by atoms with Gasteiger partial charge in [0.25, 0.3) is 0 Å². The average Bonchev–Trinajstić information content (AvgIpc) is 2.97. The van der Waals surface area contributed by atoms with Crippen molar-refractivity contribution < 1.29 is 9.26 Å². The molecule has 1 aliphatic heterocycles. The highest BCUT2D eigenvalue weighted by molar-refractivity contribution is 6.31. The van der Waals surface area contributed by atoms with E-state index in [0.29, 0.717) is 11.7 Å². The van der Waals surface area contributed by atoms with E-state index in [9.17, 15) is 0 Å². The third kappa shape index (κ3) is 3.65. The first-order chi connectivity index (χ1) is 11.1. The lowest BCUT2D eigenvalue weighted by Gasteiger charge is -2.37. The Bertz CT molecular complexity index is 676. The molecule has 0 saturated carbocycles. The van der Waals surface area contributed by atoms with Gasteiger partial charge < -0.3 is 9.26 Å². The van der Waals surface area contributed by atoms with Crippen molar-refractivity contribution >= 4 is 11.6 Å². The number of hydrogen-bond acceptors (Lipinski definition) is 6. The summed E-state index contributed by atoms with van der Waals surface area (Å²) in [5, 5.41) is 4.66. The molecule has 1 aliphatic rings. The number of piperazine rings is 1. The number of benzene rings is 1. The van der Waals surface area contributed by atoms with E-state index in [0.717, 1.165) is 42.5 Å². The van der Waals surface area contributed by atoms with Crippen LogP contribution in [-0.2, 0) is 6.54 Å². The molecule has 1 atom stereocenters. The van der Waals surface area contributed by atoms with Gasteiger partial charge in [0.2, 0.25) is 5.89 Å². The van der Waals surface area contributed by atoms with Gasteiger partial charge in [-0.25, -0.2) is 0 Å². The van der Waals surface area contributed by atoms with Crippen LogP contribution in [-0.4, -0.2) is 53.7 Å². The van der Waals surface area contributed by atoms with Gasteiger partial charge in [-0.15, -0.1) is 0 Å². The number of halogens is 1. The third-order valence-electron chi connectivity index (χ3n) is 4.21. The van der Waals surface area contributed by atoms with Crippen LogP contribution in [0.2, 0.25) is 5.02 Å². The average molecular weight is 337 g/mol. The van der Waals surface area contributed by atoms with Gasteiger partial charge in [0.05, 0.1) is 7.11 Å². The fourth-order valence-electron chi connectivity index (χ4n) is 2.83. The molecule has 6 nitrogen and oxygen atoms in total. The lowest BCUT2D eigenvalue weighted by molar-refractivity contribution is 0.0714. The fraction of sp³-hybridized carbons (Fsp3) is 0.500. The molecule has 0 spiro atoms. The maximum Gasteiger partial charge on any atom is 0.245 e. The second-order valence-electron chi connectivity index (χ2n) is 5.87. The van der Waals surface area contributed by atoms with Gasteiger partial charge in [-0.05, 0) is 37.7 Å². The Kier molecular flexibility index (Phi) is 4.84. The van der Waals surface area contributed by atoms with Crippen molar-refractivity contribution in [1.29, 1.82) is 0 Å². The van der Waals surface area contributed by atoms with Crippen molar-refractivity contribution in [1.82, 2.24) is 19.9 Å². The number of aromatic nitrogens is 2. The highest BCUT2D eigenvalue weighted by atomic mass is 35.5. The molecule has 0 radical (unpaired) electrons. The standard InChI is InChI=1S/C16H21ClN4O2/c1-11-18-16(23-19-11)15-10-21(7-6-20(15)2)9-12-8-13(22-3)4-5-14(12)17/h4-5,8,15H,6-7,9-10H2,1-3H3/t15-/m0/s1. The second-order valence-corrected chi connectivity index (χ2v) is 6.28. The van der Waals surface area contributed by atoms with Crippen LogP contribution in [0.25, 0.3) is 0 Å². The summed E-state index contributed by atoms with van der Waals surface area (Å²) in [6.07, 6.45) is 0. The van der Waals surface area contributed by atoms with Crippen LogP contribution in [0.4, 0.5) is 0 Å². The molecular formula is C16H21ClN4O2. The van der Waals surface area contributed by atoms with Crippen molar-refractivity contribution in [3.05, 3.63) is 40.5 Å². The lowest BCUT2D eigenvalue weighted by Crippen LogP contribution is -2.46. The number of methoxy groups -OCH3 is 1. The first-order valence-electron chi connectivity index (χ1n) is 7.62. The van der Waals surface area contributed by atoms with Crippen molar-refractivity contribution in [2.24, 2.45) is 0 Å². The maximum atomic E-state index is 6.32. The summed E-state index contributed by atoms with van der Waals surface area (Å²) in [6.45, 7) is 5.34. The Morgan fingerprint density at radius 3 is 2.91 bits per heavy atom. The van der Waals surface area contributed by atoms with Crippen LogP contribution in [0.15, 0.2) is 22.7 Å². The van der Waals surface area contributed by atoms with Gasteiger partial charge in [-0.3, -0.25) is 9.80 Å². The molecule has 0 bridgehead atoms. The molecule has 1 fully saturated rings. The highest BCUT2D eigenvalue weighted by Gasteiger charge is 2.30. The maximum absolute atomic E-state index is 6.32. The predicted molar refractivity (Wildman–Crippen MR) is 87.7 cm³/mol. The van der Waals surface area contributed by atoms with Gasteiger partial charge in [0.1, 0.15) is 11.8 Å². The van der Waals surface area contributed by atoms with Gasteiger partial charge in [-0.2, -0.15) is 4.98 Å². The predicted octanol–water partition coefficient (Wildman–Crippen LogP) is 2.53. The molecule has 2 aromatic rings. The van der Waals surface area contributed by atoms with Crippen LogP contribution in [0.5, 0.6) is 5.75 Å². The fourth-order valence-corrected chi connectivity index (χ4v) is 3.01. The number of aryl methyl sites for hydroxylation is 1. The van der Waals surface area contributed by atoms with Crippen LogP contribution in [0.1, 0.15) is 23.3 Å². The monoisotopic (exact) mass is 336 g/mol. The molecule has 1 saturated heterocycles. The molecule has 7 heteroatoms. The van der Waals surface area contributed by atoms with Gasteiger partial charge >= 0.3 is 0 Å². The highest BCUT2D eigenvalue weighted by Crippen LogP contribution is 2.27. The van der Waals surface area contributed by atoms with E-state index in [1.165, 1.54) is 0 Å². The number of ether oxygens (including phenoxy) is 1. The van der Waals surface area contributed by atoms with E-state index in [1.807, 2.05) is 25.1 Å². The van der Waals surface area contributed by atoms with Crippen LogP contribution < -0.4 is 4.74 Å². The molecule has 23 heavy (non-hydrogen) atoms. The lowest BCUT2D eigenvalue weighted by atomic mass is 10.1. The van der Waals surface area contributed by atoms with Crippen LogP contribution >= 0.6 is 11.6 Å². The zero-order valence-corrected chi connectivity index (χ0v) is 14.4. The van der Waals surface area contributed by atoms with Crippen LogP contribution in [0.3, 0.4) is 0 Å². The molecule has 124 valence electrons. The number of rotatable bonds is 4. The SMILES string of the molecule is COc1ccc(Cl)c(CN2CCN(C)[C@H](c3nc(C)no3)C2)c1. The molecule has 0 N–H and O–H groups in total. The van der Waals surface area contributed by atoms with E-state index in [-0.39, 0.29) is 6.04 Å². The van der Waals surface area contributed by atoms with Crippen molar-refractivity contribution in [3.8, 4) is 5.75 Å². The number of likely N-dealkylation sites (N-methyl/N-ethyl adjacent to an activating group) is 1. The molecule has 1 aromatic carbocycles. The minimum atomic E-state index is 0.106. The second kappa shape index (κ2) is 6.86. The van der Waals surface area contributed by atoms with E-state index in [2.05, 4.69) is 27.0 Å². The molecule has 2 heterocycles. The zero-order valence-electron chi connectivity index (χ0n) is 13.6. The summed E-state index contributed by atoms with van der Waals surface area (Å²) in [7, 11) is 3.75. The minimum Gasteiger partial charge on any atom is -0.497 e.